The summed E-state index contributed by atoms with van der Waals surface area (Å²) in [6.07, 6.45) is 0. The number of aryl methyl sites for hydroxylation is 1. The number of carbonyl (C=O) groups excluding carboxylic acids is 2. The summed E-state index contributed by atoms with van der Waals surface area (Å²) in [5, 5.41) is 11.8. The highest BCUT2D eigenvalue weighted by atomic mass is 19.3. The molecule has 37 heavy (non-hydrogen) atoms. The average Bonchev–Trinajstić information content (AvgIpc) is 2.79. The number of pyridine rings is 1. The topological polar surface area (TPSA) is 112 Å². The first-order valence-electron chi connectivity index (χ1n) is 12.0. The lowest BCUT2D eigenvalue weighted by Gasteiger charge is -2.50. The van der Waals surface area contributed by atoms with E-state index >= 15 is 0 Å². The second-order valence-corrected chi connectivity index (χ2v) is 9.41. The molecule has 0 aliphatic carbocycles. The van der Waals surface area contributed by atoms with E-state index in [1.165, 1.54) is 15.9 Å². The van der Waals surface area contributed by atoms with E-state index in [4.69, 9.17) is 5.11 Å². The Labute approximate surface area is 214 Å². The molecule has 200 valence electrons. The van der Waals surface area contributed by atoms with E-state index in [-0.39, 0.29) is 43.7 Å². The first kappa shape index (κ1) is 28.0. The summed E-state index contributed by atoms with van der Waals surface area (Å²) in [4.78, 5) is 44.8. The number of hydrogen-bond donors (Lipinski definition) is 2. The molecule has 11 heteroatoms. The maximum absolute atomic E-state index is 13.8. The van der Waals surface area contributed by atoms with Crippen LogP contribution in [0.2, 0.25) is 0 Å². The molecule has 3 rings (SSSR count). The SMILES string of the molecule is CCN(CC(=O)O)CC(=O)N1CC(C(=O)Nc2ccc(C)nc2OC(F)F)(c2ccccc2C(C)C)C1. The van der Waals surface area contributed by atoms with Gasteiger partial charge in [0, 0.05) is 18.8 Å². The summed E-state index contributed by atoms with van der Waals surface area (Å²) in [5.74, 6) is -2.13. The summed E-state index contributed by atoms with van der Waals surface area (Å²) in [5.41, 5.74) is 0.960. The number of aromatic nitrogens is 1. The summed E-state index contributed by atoms with van der Waals surface area (Å²) in [7, 11) is 0. The van der Waals surface area contributed by atoms with Gasteiger partial charge in [-0.1, -0.05) is 45.0 Å². The molecule has 0 radical (unpaired) electrons. The van der Waals surface area contributed by atoms with Crippen molar-refractivity contribution in [3.8, 4) is 5.88 Å². The number of benzene rings is 1. The van der Waals surface area contributed by atoms with Crippen molar-refractivity contribution in [1.82, 2.24) is 14.8 Å². The van der Waals surface area contributed by atoms with E-state index in [2.05, 4.69) is 15.0 Å². The fraction of sp³-hybridized carbons (Fsp3) is 0.462. The number of nitrogens with zero attached hydrogens (tertiary/aromatic N) is 3. The number of carboxylic acid groups (broad SMARTS) is 1. The first-order valence-corrected chi connectivity index (χ1v) is 12.0. The number of carbonyl (C=O) groups is 3. The van der Waals surface area contributed by atoms with Gasteiger partial charge in [0.1, 0.15) is 11.1 Å². The van der Waals surface area contributed by atoms with Crippen LogP contribution in [0.15, 0.2) is 36.4 Å². The Balaban J connectivity index is 1.92. The van der Waals surface area contributed by atoms with Crippen LogP contribution in [0, 0.1) is 6.92 Å². The smallest absolute Gasteiger partial charge is 0.388 e. The van der Waals surface area contributed by atoms with Gasteiger partial charge in [-0.25, -0.2) is 4.98 Å². The van der Waals surface area contributed by atoms with E-state index in [9.17, 15) is 23.2 Å². The molecule has 2 heterocycles. The zero-order valence-corrected chi connectivity index (χ0v) is 21.3. The van der Waals surface area contributed by atoms with E-state index < -0.39 is 29.8 Å². The number of aliphatic carboxylic acids is 1. The Morgan fingerprint density at radius 1 is 1.16 bits per heavy atom. The van der Waals surface area contributed by atoms with Gasteiger partial charge in [-0.2, -0.15) is 8.78 Å². The number of carboxylic acids is 1. The van der Waals surface area contributed by atoms with Gasteiger partial charge < -0.3 is 20.1 Å². The molecule has 1 aliphatic heterocycles. The molecule has 0 unspecified atom stereocenters. The van der Waals surface area contributed by atoms with Crippen LogP contribution in [0.3, 0.4) is 0 Å². The van der Waals surface area contributed by atoms with Crippen molar-refractivity contribution in [2.24, 2.45) is 0 Å². The summed E-state index contributed by atoms with van der Waals surface area (Å²) >= 11 is 0. The normalized spacial score (nSPS) is 14.6. The molecular weight excluding hydrogens is 486 g/mol. The first-order chi connectivity index (χ1) is 17.5. The summed E-state index contributed by atoms with van der Waals surface area (Å²) in [6.45, 7) is 4.36. The lowest BCUT2D eigenvalue weighted by atomic mass is 9.69. The Kier molecular flexibility index (Phi) is 8.80. The minimum absolute atomic E-state index is 0.000644. The van der Waals surface area contributed by atoms with E-state index in [1.807, 2.05) is 38.1 Å². The molecule has 2 amide bonds. The second kappa shape index (κ2) is 11.6. The molecule has 1 aliphatic rings. The number of rotatable bonds is 11. The fourth-order valence-electron chi connectivity index (χ4n) is 4.46. The van der Waals surface area contributed by atoms with Crippen LogP contribution >= 0.6 is 0 Å². The highest BCUT2D eigenvalue weighted by Crippen LogP contribution is 2.40. The van der Waals surface area contributed by atoms with Crippen LogP contribution < -0.4 is 10.1 Å². The van der Waals surface area contributed by atoms with Gasteiger partial charge in [-0.15, -0.1) is 0 Å². The highest BCUT2D eigenvalue weighted by Gasteiger charge is 2.53. The van der Waals surface area contributed by atoms with Crippen LogP contribution in [0.4, 0.5) is 14.5 Å². The van der Waals surface area contributed by atoms with Crippen molar-refractivity contribution >= 4 is 23.5 Å². The van der Waals surface area contributed by atoms with Gasteiger partial charge in [0.05, 0.1) is 13.1 Å². The number of halogens is 2. The van der Waals surface area contributed by atoms with Crippen molar-refractivity contribution in [2.75, 3.05) is 38.0 Å². The predicted octanol–water partition coefficient (Wildman–Crippen LogP) is 3.24. The lowest BCUT2D eigenvalue weighted by molar-refractivity contribution is -0.145. The van der Waals surface area contributed by atoms with Gasteiger partial charge in [0.15, 0.2) is 0 Å². The number of likely N-dealkylation sites (tertiary alicyclic amines) is 1. The molecule has 2 N–H and O–H groups in total. The third kappa shape index (κ3) is 6.40. The standard InChI is InChI=1S/C26H32F2N4O5/c1-5-31(13-22(34)35)12-21(33)32-14-26(15-32,19-9-7-6-8-18(19)16(2)3)24(36)30-20-11-10-17(4)29-23(20)37-25(27)28/h6-11,16,25H,5,12-15H2,1-4H3,(H,30,36)(H,34,35). The van der Waals surface area contributed by atoms with Gasteiger partial charge in [-0.3, -0.25) is 19.3 Å². The minimum atomic E-state index is -3.12. The van der Waals surface area contributed by atoms with Crippen molar-refractivity contribution in [3.05, 3.63) is 53.2 Å². The molecule has 1 aromatic carbocycles. The summed E-state index contributed by atoms with van der Waals surface area (Å²) < 4.78 is 30.5. The van der Waals surface area contributed by atoms with Crippen molar-refractivity contribution < 1.29 is 33.0 Å². The zero-order valence-electron chi connectivity index (χ0n) is 21.3. The Hall–Kier alpha value is -3.60. The van der Waals surface area contributed by atoms with Crippen molar-refractivity contribution in [1.29, 1.82) is 0 Å². The largest absolute Gasteiger partial charge is 0.480 e. The number of ether oxygens (including phenoxy) is 1. The predicted molar refractivity (Wildman–Crippen MR) is 133 cm³/mol. The van der Waals surface area contributed by atoms with Crippen LogP contribution in [0.25, 0.3) is 0 Å². The third-order valence-electron chi connectivity index (χ3n) is 6.42. The van der Waals surface area contributed by atoms with E-state index in [0.717, 1.165) is 11.1 Å². The van der Waals surface area contributed by atoms with Crippen LogP contribution in [0.5, 0.6) is 5.88 Å². The molecule has 0 bridgehead atoms. The number of likely N-dealkylation sites (N-methyl/N-ethyl adjacent to an activating group) is 1. The highest BCUT2D eigenvalue weighted by molar-refractivity contribution is 6.02. The number of anilines is 1. The van der Waals surface area contributed by atoms with Crippen LogP contribution in [-0.4, -0.2) is 77.0 Å². The minimum Gasteiger partial charge on any atom is -0.480 e. The Bertz CT molecular complexity index is 1150. The lowest BCUT2D eigenvalue weighted by Crippen LogP contribution is -2.67. The van der Waals surface area contributed by atoms with Gasteiger partial charge in [0.2, 0.25) is 17.7 Å². The molecule has 0 saturated carbocycles. The maximum Gasteiger partial charge on any atom is 0.388 e. The molecule has 0 spiro atoms. The molecular formula is C26H32F2N4O5. The van der Waals surface area contributed by atoms with E-state index in [1.54, 1.807) is 19.9 Å². The Morgan fingerprint density at radius 2 is 1.84 bits per heavy atom. The zero-order chi connectivity index (χ0) is 27.3. The van der Waals surface area contributed by atoms with Gasteiger partial charge in [0.25, 0.3) is 0 Å². The average molecular weight is 519 g/mol. The van der Waals surface area contributed by atoms with Crippen molar-refractivity contribution in [3.63, 3.8) is 0 Å². The van der Waals surface area contributed by atoms with Crippen LogP contribution in [0.1, 0.15) is 43.5 Å². The summed E-state index contributed by atoms with van der Waals surface area (Å²) in [6, 6.07) is 10.5. The number of alkyl halides is 2. The van der Waals surface area contributed by atoms with Gasteiger partial charge >= 0.3 is 12.6 Å². The van der Waals surface area contributed by atoms with Crippen LogP contribution in [-0.2, 0) is 19.8 Å². The van der Waals surface area contributed by atoms with Crippen molar-refractivity contribution in [2.45, 2.75) is 45.6 Å². The second-order valence-electron chi connectivity index (χ2n) is 9.41. The third-order valence-corrected chi connectivity index (χ3v) is 6.42. The molecule has 2 aromatic rings. The molecule has 1 saturated heterocycles. The molecule has 1 aromatic heterocycles. The molecule has 9 nitrogen and oxygen atoms in total. The molecule has 0 atom stereocenters. The quantitative estimate of drug-likeness (QED) is 0.470. The fourth-order valence-corrected chi connectivity index (χ4v) is 4.46. The number of nitrogens with one attached hydrogen (secondary N) is 1. The number of amides is 2. The Morgan fingerprint density at radius 3 is 2.43 bits per heavy atom. The maximum atomic E-state index is 13.8. The monoisotopic (exact) mass is 518 g/mol. The van der Waals surface area contributed by atoms with Gasteiger partial charge in [-0.05, 0) is 42.6 Å². The number of hydrogen-bond acceptors (Lipinski definition) is 6. The molecule has 1 fully saturated rings. The van der Waals surface area contributed by atoms with E-state index in [0.29, 0.717) is 12.2 Å².